The van der Waals surface area contributed by atoms with E-state index >= 15 is 0 Å². The van der Waals surface area contributed by atoms with E-state index < -0.39 is 11.2 Å². The smallest absolute Gasteiger partial charge is 0.266 e. The second kappa shape index (κ2) is 7.20. The number of amidine groups is 1. The second-order valence-electron chi connectivity index (χ2n) is 9.29. The van der Waals surface area contributed by atoms with Crippen molar-refractivity contribution in [2.45, 2.75) is 37.9 Å². The molecule has 5 rings (SSSR count). The van der Waals surface area contributed by atoms with Crippen LogP contribution < -0.4 is 5.84 Å². The van der Waals surface area contributed by atoms with E-state index in [1.165, 1.54) is 0 Å². The number of aliphatic imine (C=N–C) groups is 2. The molecule has 1 fully saturated rings. The summed E-state index contributed by atoms with van der Waals surface area (Å²) in [6, 6.07) is 15.0. The zero-order valence-electron chi connectivity index (χ0n) is 18.0. The van der Waals surface area contributed by atoms with Crippen LogP contribution in [0.2, 0.25) is 5.02 Å². The van der Waals surface area contributed by atoms with Gasteiger partial charge >= 0.3 is 0 Å². The fourth-order valence-corrected chi connectivity index (χ4v) is 5.08. The van der Waals surface area contributed by atoms with Gasteiger partial charge in [0.15, 0.2) is 0 Å². The fourth-order valence-electron chi connectivity index (χ4n) is 4.81. The lowest BCUT2D eigenvalue weighted by molar-refractivity contribution is -0.750. The lowest BCUT2D eigenvalue weighted by Crippen LogP contribution is -2.53. The summed E-state index contributed by atoms with van der Waals surface area (Å²) < 4.78 is -0.119. The Bertz CT molecular complexity index is 1210. The van der Waals surface area contributed by atoms with Gasteiger partial charge < -0.3 is 10.2 Å². The van der Waals surface area contributed by atoms with Crippen molar-refractivity contribution in [3.63, 3.8) is 0 Å². The number of hydrogen-bond donors (Lipinski definition) is 3. The molecule has 2 atom stereocenters. The summed E-state index contributed by atoms with van der Waals surface area (Å²) in [5.41, 5.74) is 1.92. The van der Waals surface area contributed by atoms with Crippen LogP contribution in [0.15, 0.2) is 82.3 Å². The molecule has 3 aliphatic rings. The third-order valence-electron chi connectivity index (χ3n) is 6.69. The van der Waals surface area contributed by atoms with E-state index in [0.717, 1.165) is 17.0 Å². The number of quaternary nitrogens is 1. The highest BCUT2D eigenvalue weighted by molar-refractivity contribution is 6.34. The molecule has 7 heteroatoms. The van der Waals surface area contributed by atoms with Crippen molar-refractivity contribution < 1.29 is 14.8 Å². The van der Waals surface area contributed by atoms with Gasteiger partial charge in [-0.15, -0.1) is 4.59 Å². The Morgan fingerprint density at radius 3 is 2.53 bits per heavy atom. The minimum Gasteiger partial charge on any atom is -0.390 e. The van der Waals surface area contributed by atoms with Gasteiger partial charge in [-0.1, -0.05) is 48.0 Å². The Morgan fingerprint density at radius 2 is 1.88 bits per heavy atom. The highest BCUT2D eigenvalue weighted by Crippen LogP contribution is 2.47. The first-order valence-electron chi connectivity index (χ1n) is 10.6. The van der Waals surface area contributed by atoms with E-state index in [0.29, 0.717) is 34.8 Å². The topological polar surface area (TPSA) is 91.2 Å². The molecule has 2 aromatic rings. The highest BCUT2D eigenvalue weighted by atomic mass is 35.5. The molecule has 4 N–H and O–H groups in total. The molecule has 1 saturated carbocycles. The minimum atomic E-state index is -1.19. The number of hydrogen-bond acceptors (Lipinski definition) is 5. The van der Waals surface area contributed by atoms with Gasteiger partial charge in [0.2, 0.25) is 5.70 Å². The summed E-state index contributed by atoms with van der Waals surface area (Å²) in [6.45, 7) is 3.59. The van der Waals surface area contributed by atoms with Crippen LogP contribution in [0.5, 0.6) is 0 Å². The number of fused-ring (bicyclic) bond motifs is 1. The average Bonchev–Trinajstić information content (AvgIpc) is 3.05. The predicted molar refractivity (Wildman–Crippen MR) is 126 cm³/mol. The zero-order chi connectivity index (χ0) is 22.7. The third kappa shape index (κ3) is 3.27. The Balaban J connectivity index is 1.54. The Labute approximate surface area is 192 Å². The molecule has 0 saturated heterocycles. The Kier molecular flexibility index (Phi) is 4.78. The fraction of sp³-hybridized carbons (Fsp3) is 0.280. The summed E-state index contributed by atoms with van der Waals surface area (Å²) in [5.74, 6) is 7.52. The molecule has 1 aliphatic carbocycles. The molecule has 0 radical (unpaired) electrons. The first-order chi connectivity index (χ1) is 15.1. The van der Waals surface area contributed by atoms with Crippen LogP contribution in [0.4, 0.5) is 0 Å². The lowest BCUT2D eigenvalue weighted by Gasteiger charge is -2.40. The van der Waals surface area contributed by atoms with Crippen LogP contribution in [-0.4, -0.2) is 32.5 Å². The van der Waals surface area contributed by atoms with Gasteiger partial charge in [-0.25, -0.2) is 0 Å². The molecule has 0 spiro atoms. The number of nitrogens with two attached hydrogens (primary N) is 1. The zero-order valence-corrected chi connectivity index (χ0v) is 18.8. The van der Waals surface area contributed by atoms with Crippen LogP contribution in [-0.2, 0) is 5.60 Å². The van der Waals surface area contributed by atoms with E-state index in [2.05, 4.69) is 4.99 Å². The van der Waals surface area contributed by atoms with Crippen molar-refractivity contribution in [1.29, 1.82) is 0 Å². The summed E-state index contributed by atoms with van der Waals surface area (Å²) in [4.78, 5) is 9.18. The third-order valence-corrected chi connectivity index (χ3v) is 7.00. The van der Waals surface area contributed by atoms with Crippen LogP contribution in [0.3, 0.4) is 0 Å². The maximum Gasteiger partial charge on any atom is 0.266 e. The van der Waals surface area contributed by atoms with E-state index in [9.17, 15) is 10.2 Å². The van der Waals surface area contributed by atoms with Crippen molar-refractivity contribution in [2.24, 2.45) is 21.7 Å². The monoisotopic (exact) mass is 449 g/mol. The maximum absolute atomic E-state index is 11.2. The Morgan fingerprint density at radius 1 is 1.16 bits per heavy atom. The van der Waals surface area contributed by atoms with Crippen molar-refractivity contribution in [1.82, 2.24) is 0 Å². The summed E-state index contributed by atoms with van der Waals surface area (Å²) in [7, 11) is 0. The molecular formula is C25H26ClN4O2+. The minimum absolute atomic E-state index is 0.119. The number of rotatable bonds is 4. The van der Waals surface area contributed by atoms with Gasteiger partial charge in [0.05, 0.1) is 28.6 Å². The second-order valence-corrected chi connectivity index (χ2v) is 9.70. The SMILES string of the molecule is CC1(O)CC(C2=C3C=NC=C[N+]3(N)C(c3ccc(C(C)(O)c4ccccc4)cc3Cl)=N2)C1. The van der Waals surface area contributed by atoms with Crippen molar-refractivity contribution in [3.05, 3.63) is 94.0 Å². The molecule has 0 aromatic heterocycles. The molecule has 0 bridgehead atoms. The first-order valence-corrected chi connectivity index (χ1v) is 11.0. The molecular weight excluding hydrogens is 424 g/mol. The molecule has 0 amide bonds. The van der Waals surface area contributed by atoms with Crippen molar-refractivity contribution in [2.75, 3.05) is 0 Å². The molecule has 6 nitrogen and oxygen atoms in total. The van der Waals surface area contributed by atoms with Gasteiger partial charge in [-0.3, -0.25) is 4.99 Å². The van der Waals surface area contributed by atoms with Crippen LogP contribution in [0.25, 0.3) is 0 Å². The molecule has 164 valence electrons. The van der Waals surface area contributed by atoms with Crippen LogP contribution in [0, 0.1) is 5.92 Å². The summed E-state index contributed by atoms with van der Waals surface area (Å²) >= 11 is 6.74. The average molecular weight is 450 g/mol. The molecule has 2 heterocycles. The van der Waals surface area contributed by atoms with Gasteiger partial charge in [0.25, 0.3) is 5.84 Å². The standard InChI is InChI=1S/C25H26ClN4O2/c1-24(31)13-16(14-24)22-21-15-28-10-11-30(21,27)23(29-22)19-9-8-18(12-20(19)26)25(2,32)17-6-4-3-5-7-17/h3-12,15-16,31-32H,13-14,27H2,1-2H3/q+1. The van der Waals surface area contributed by atoms with Gasteiger partial charge in [-0.05, 0) is 49.9 Å². The maximum atomic E-state index is 11.2. The molecule has 2 aliphatic heterocycles. The van der Waals surface area contributed by atoms with Crippen molar-refractivity contribution in [3.8, 4) is 0 Å². The molecule has 32 heavy (non-hydrogen) atoms. The number of aliphatic hydroxyl groups is 2. The number of benzene rings is 2. The largest absolute Gasteiger partial charge is 0.390 e. The summed E-state index contributed by atoms with van der Waals surface area (Å²) in [5, 5.41) is 21.9. The van der Waals surface area contributed by atoms with Crippen LogP contribution >= 0.6 is 11.6 Å². The predicted octanol–water partition coefficient (Wildman–Crippen LogP) is 3.97. The van der Waals surface area contributed by atoms with Gasteiger partial charge in [0.1, 0.15) is 17.5 Å². The highest BCUT2D eigenvalue weighted by Gasteiger charge is 2.51. The summed E-state index contributed by atoms with van der Waals surface area (Å²) in [6.07, 6.45) is 6.44. The van der Waals surface area contributed by atoms with E-state index in [-0.39, 0.29) is 10.5 Å². The van der Waals surface area contributed by atoms with Crippen LogP contribution in [0.1, 0.15) is 43.4 Å². The van der Waals surface area contributed by atoms with E-state index in [4.69, 9.17) is 22.4 Å². The normalized spacial score (nSPS) is 30.6. The number of allylic oxidation sites excluding steroid dienone is 2. The van der Waals surface area contributed by atoms with Crippen molar-refractivity contribution >= 4 is 23.7 Å². The van der Waals surface area contributed by atoms with E-state index in [1.807, 2.05) is 49.4 Å². The number of nitrogens with zero attached hydrogens (tertiary/aromatic N) is 3. The lowest BCUT2D eigenvalue weighted by atomic mass is 9.70. The number of halogens is 1. The first kappa shape index (κ1) is 21.2. The van der Waals surface area contributed by atoms with E-state index in [1.54, 1.807) is 31.6 Å². The molecule has 2 unspecified atom stereocenters. The van der Waals surface area contributed by atoms with Gasteiger partial charge in [0, 0.05) is 5.92 Å². The molecule has 2 aromatic carbocycles. The quantitative estimate of drug-likeness (QED) is 0.487. The van der Waals surface area contributed by atoms with Gasteiger partial charge in [-0.2, -0.15) is 10.8 Å². The Hall–Kier alpha value is -2.61.